The molecule has 0 bridgehead atoms. The maximum absolute atomic E-state index is 10.6. The maximum Gasteiger partial charge on any atom is 0.217 e. The number of aromatic nitrogens is 2. The molecule has 1 aromatic rings. The highest BCUT2D eigenvalue weighted by Gasteiger charge is 1.96. The Morgan fingerprint density at radius 1 is 0.905 bits per heavy atom. The minimum atomic E-state index is -0.164. The van der Waals surface area contributed by atoms with Gasteiger partial charge in [-0.2, -0.15) is 0 Å². The minimum absolute atomic E-state index is 0.164. The summed E-state index contributed by atoms with van der Waals surface area (Å²) in [7, 11) is 0. The predicted molar refractivity (Wildman–Crippen MR) is 86.9 cm³/mol. The van der Waals surface area contributed by atoms with Crippen molar-refractivity contribution < 1.29 is 4.79 Å². The Hall–Kier alpha value is -1.32. The lowest BCUT2D eigenvalue weighted by atomic mass is 10.0. The van der Waals surface area contributed by atoms with E-state index in [0.29, 0.717) is 6.42 Å². The summed E-state index contributed by atoms with van der Waals surface area (Å²) in [6, 6.07) is 0. The van der Waals surface area contributed by atoms with Gasteiger partial charge < -0.3 is 10.7 Å². The third kappa shape index (κ3) is 11.1. The van der Waals surface area contributed by atoms with E-state index >= 15 is 0 Å². The summed E-state index contributed by atoms with van der Waals surface area (Å²) in [6.45, 7) is 0. The first-order chi connectivity index (χ1) is 10.3. The summed E-state index contributed by atoms with van der Waals surface area (Å²) >= 11 is 0. The Morgan fingerprint density at radius 2 is 1.43 bits per heavy atom. The largest absolute Gasteiger partial charge is 0.370 e. The summed E-state index contributed by atoms with van der Waals surface area (Å²) < 4.78 is 0. The molecule has 0 saturated heterocycles. The number of rotatable bonds is 14. The van der Waals surface area contributed by atoms with Crippen LogP contribution in [0.25, 0.3) is 0 Å². The van der Waals surface area contributed by atoms with Crippen molar-refractivity contribution in [2.45, 2.75) is 83.5 Å². The van der Waals surface area contributed by atoms with E-state index in [2.05, 4.69) is 9.97 Å². The fourth-order valence-electron chi connectivity index (χ4n) is 2.63. The van der Waals surface area contributed by atoms with Crippen LogP contribution in [0.2, 0.25) is 0 Å². The number of amides is 1. The summed E-state index contributed by atoms with van der Waals surface area (Å²) in [5.74, 6) is -0.164. The number of aryl methyl sites for hydroxylation is 1. The molecule has 1 rings (SSSR count). The third-order valence-electron chi connectivity index (χ3n) is 3.92. The number of hydrogen-bond acceptors (Lipinski definition) is 2. The summed E-state index contributed by atoms with van der Waals surface area (Å²) in [5, 5.41) is 0. The molecule has 0 unspecified atom stereocenters. The third-order valence-corrected chi connectivity index (χ3v) is 3.92. The van der Waals surface area contributed by atoms with E-state index in [-0.39, 0.29) is 5.91 Å². The molecule has 1 aromatic heterocycles. The number of H-pyrrole nitrogens is 1. The highest BCUT2D eigenvalue weighted by Crippen LogP contribution is 2.12. The second kappa shape index (κ2) is 12.4. The molecule has 0 radical (unpaired) electrons. The van der Waals surface area contributed by atoms with Gasteiger partial charge in [0.15, 0.2) is 0 Å². The van der Waals surface area contributed by atoms with Crippen LogP contribution in [-0.2, 0) is 11.2 Å². The molecule has 4 nitrogen and oxygen atoms in total. The van der Waals surface area contributed by atoms with Crippen LogP contribution < -0.4 is 5.73 Å². The van der Waals surface area contributed by atoms with E-state index in [9.17, 15) is 4.79 Å². The normalized spacial score (nSPS) is 10.9. The smallest absolute Gasteiger partial charge is 0.217 e. The van der Waals surface area contributed by atoms with Gasteiger partial charge in [-0.05, 0) is 19.3 Å². The maximum atomic E-state index is 10.6. The van der Waals surface area contributed by atoms with Crippen LogP contribution in [-0.4, -0.2) is 15.9 Å². The lowest BCUT2D eigenvalue weighted by molar-refractivity contribution is -0.118. The van der Waals surface area contributed by atoms with Crippen LogP contribution in [0.3, 0.4) is 0 Å². The number of carbonyl (C=O) groups excluding carboxylic acids is 1. The second-order valence-corrected chi connectivity index (χ2v) is 5.93. The SMILES string of the molecule is NC(=O)CCCCCCCCCCCCCc1cnc[nH]1. The van der Waals surface area contributed by atoms with Crippen LogP contribution in [0, 0.1) is 0 Å². The van der Waals surface area contributed by atoms with Crippen LogP contribution in [0.1, 0.15) is 82.7 Å². The molecule has 0 aliphatic carbocycles. The van der Waals surface area contributed by atoms with Crippen molar-refractivity contribution in [2.24, 2.45) is 5.73 Å². The average Bonchev–Trinajstić information content (AvgIpc) is 2.97. The average molecular weight is 293 g/mol. The van der Waals surface area contributed by atoms with E-state index in [1.54, 1.807) is 6.33 Å². The molecule has 1 amide bonds. The summed E-state index contributed by atoms with van der Waals surface area (Å²) in [4.78, 5) is 17.7. The summed E-state index contributed by atoms with van der Waals surface area (Å²) in [6.07, 6.45) is 19.4. The van der Waals surface area contributed by atoms with Gasteiger partial charge in [-0.25, -0.2) is 4.98 Å². The zero-order valence-corrected chi connectivity index (χ0v) is 13.3. The number of hydrogen-bond donors (Lipinski definition) is 2. The van der Waals surface area contributed by atoms with Crippen molar-refractivity contribution in [2.75, 3.05) is 0 Å². The molecule has 0 fully saturated rings. The molecule has 0 spiro atoms. The second-order valence-electron chi connectivity index (χ2n) is 5.93. The number of primary amides is 1. The van der Waals surface area contributed by atoms with Gasteiger partial charge in [0.1, 0.15) is 0 Å². The number of carbonyl (C=O) groups is 1. The minimum Gasteiger partial charge on any atom is -0.370 e. The van der Waals surface area contributed by atoms with Crippen LogP contribution in [0.4, 0.5) is 0 Å². The highest BCUT2D eigenvalue weighted by molar-refractivity contribution is 5.73. The standard InChI is InChI=1S/C17H31N3O/c18-17(21)13-11-9-7-5-3-1-2-4-6-8-10-12-16-14-19-15-20-16/h14-15H,1-13H2,(H2,18,21)(H,19,20). The van der Waals surface area contributed by atoms with Crippen molar-refractivity contribution in [3.05, 3.63) is 18.2 Å². The Labute approximate surface area is 128 Å². The van der Waals surface area contributed by atoms with Gasteiger partial charge in [-0.15, -0.1) is 0 Å². The van der Waals surface area contributed by atoms with E-state index in [0.717, 1.165) is 19.3 Å². The fourth-order valence-corrected chi connectivity index (χ4v) is 2.63. The van der Waals surface area contributed by atoms with E-state index in [1.165, 1.54) is 63.5 Å². The van der Waals surface area contributed by atoms with Crippen molar-refractivity contribution in [3.63, 3.8) is 0 Å². The number of aromatic amines is 1. The number of nitrogens with zero attached hydrogens (tertiary/aromatic N) is 1. The van der Waals surface area contributed by atoms with E-state index in [1.807, 2.05) is 6.20 Å². The van der Waals surface area contributed by atoms with Crippen LogP contribution >= 0.6 is 0 Å². The molecule has 3 N–H and O–H groups in total. The quantitative estimate of drug-likeness (QED) is 0.506. The van der Waals surface area contributed by atoms with E-state index < -0.39 is 0 Å². The Balaban J connectivity index is 1.72. The first kappa shape index (κ1) is 17.7. The van der Waals surface area contributed by atoms with Crippen molar-refractivity contribution >= 4 is 5.91 Å². The zero-order chi connectivity index (χ0) is 15.2. The van der Waals surface area contributed by atoms with Crippen LogP contribution in [0.15, 0.2) is 12.5 Å². The number of imidazole rings is 1. The van der Waals surface area contributed by atoms with Gasteiger partial charge in [0.05, 0.1) is 6.33 Å². The molecule has 0 aromatic carbocycles. The first-order valence-electron chi connectivity index (χ1n) is 8.54. The lowest BCUT2D eigenvalue weighted by Crippen LogP contribution is -2.09. The number of nitrogens with one attached hydrogen (secondary N) is 1. The molecule has 4 heteroatoms. The van der Waals surface area contributed by atoms with Gasteiger partial charge >= 0.3 is 0 Å². The zero-order valence-electron chi connectivity index (χ0n) is 13.3. The predicted octanol–water partition coefficient (Wildman–Crippen LogP) is 4.12. The van der Waals surface area contributed by atoms with Gasteiger partial charge in [0.25, 0.3) is 0 Å². The van der Waals surface area contributed by atoms with Crippen molar-refractivity contribution in [3.8, 4) is 0 Å². The molecular formula is C17H31N3O. The lowest BCUT2D eigenvalue weighted by Gasteiger charge is -2.02. The molecule has 0 atom stereocenters. The Morgan fingerprint density at radius 3 is 1.90 bits per heavy atom. The molecule has 0 aliphatic rings. The molecule has 0 aliphatic heterocycles. The van der Waals surface area contributed by atoms with Crippen LogP contribution in [0.5, 0.6) is 0 Å². The molecule has 120 valence electrons. The fraction of sp³-hybridized carbons (Fsp3) is 0.765. The van der Waals surface area contributed by atoms with Gasteiger partial charge in [0, 0.05) is 18.3 Å². The van der Waals surface area contributed by atoms with Gasteiger partial charge in [-0.1, -0.05) is 57.8 Å². The molecule has 21 heavy (non-hydrogen) atoms. The highest BCUT2D eigenvalue weighted by atomic mass is 16.1. The monoisotopic (exact) mass is 293 g/mol. The number of unbranched alkanes of at least 4 members (excludes halogenated alkanes) is 10. The van der Waals surface area contributed by atoms with Gasteiger partial charge in [0.2, 0.25) is 5.91 Å². The van der Waals surface area contributed by atoms with Crippen molar-refractivity contribution in [1.29, 1.82) is 0 Å². The first-order valence-corrected chi connectivity index (χ1v) is 8.54. The Kier molecular flexibility index (Phi) is 10.5. The summed E-state index contributed by atoms with van der Waals surface area (Å²) in [5.41, 5.74) is 6.36. The number of nitrogens with two attached hydrogens (primary N) is 1. The topological polar surface area (TPSA) is 71.8 Å². The van der Waals surface area contributed by atoms with Crippen molar-refractivity contribution in [1.82, 2.24) is 9.97 Å². The Bertz CT molecular complexity index is 349. The van der Waals surface area contributed by atoms with Gasteiger partial charge in [-0.3, -0.25) is 4.79 Å². The molecule has 1 heterocycles. The molecule has 0 saturated carbocycles. The van der Waals surface area contributed by atoms with E-state index in [4.69, 9.17) is 5.73 Å². The molecular weight excluding hydrogens is 262 g/mol.